The van der Waals surface area contributed by atoms with Crippen LogP contribution < -0.4 is 0 Å². The molecule has 0 spiro atoms. The molecule has 0 saturated carbocycles. The van der Waals surface area contributed by atoms with Crippen LogP contribution in [0, 0.1) is 0 Å². The van der Waals surface area contributed by atoms with Crippen molar-refractivity contribution in [3.05, 3.63) is 35.2 Å². The third-order valence-electron chi connectivity index (χ3n) is 1.46. The van der Waals surface area contributed by atoms with Gasteiger partial charge >= 0.3 is 12.0 Å². The van der Waals surface area contributed by atoms with Crippen LogP contribution in [0.1, 0.15) is 0 Å². The normalized spacial score (nSPS) is 19.8. The molecule has 0 unspecified atom stereocenters. The van der Waals surface area contributed by atoms with Crippen molar-refractivity contribution < 1.29 is 30.7 Å². The second-order valence-corrected chi connectivity index (χ2v) is 2.38. The molecule has 0 bridgehead atoms. The molecule has 0 aromatic carbocycles. The van der Waals surface area contributed by atoms with Gasteiger partial charge in [-0.3, -0.25) is 0 Å². The van der Waals surface area contributed by atoms with Crippen molar-refractivity contribution in [3.63, 3.8) is 0 Å². The lowest BCUT2D eigenvalue weighted by molar-refractivity contribution is 0.0957. The average Bonchev–Trinajstić information content (AvgIpc) is 2.20. The van der Waals surface area contributed by atoms with Crippen LogP contribution >= 0.6 is 0 Å². The van der Waals surface area contributed by atoms with E-state index in [1.165, 1.54) is 0 Å². The van der Waals surface area contributed by atoms with E-state index in [0.29, 0.717) is 0 Å². The van der Waals surface area contributed by atoms with E-state index in [9.17, 15) is 30.7 Å². The molecule has 0 N–H and O–H groups in total. The molecule has 0 heterocycles. The largest absolute Gasteiger partial charge is 0.306 e. The van der Waals surface area contributed by atoms with Crippen molar-refractivity contribution in [2.45, 2.75) is 5.92 Å². The van der Waals surface area contributed by atoms with Crippen LogP contribution in [0.5, 0.6) is 0 Å². The Labute approximate surface area is 73.0 Å². The van der Waals surface area contributed by atoms with Crippen LogP contribution in [0.4, 0.5) is 30.7 Å². The van der Waals surface area contributed by atoms with E-state index in [4.69, 9.17) is 0 Å². The van der Waals surface area contributed by atoms with Crippen LogP contribution in [-0.2, 0) is 0 Å². The van der Waals surface area contributed by atoms with E-state index in [0.717, 1.165) is 0 Å². The Kier molecular flexibility index (Phi) is 2.43. The summed E-state index contributed by atoms with van der Waals surface area (Å²) < 4.78 is 85.0. The number of allylic oxidation sites excluding steroid dienone is 5. The van der Waals surface area contributed by atoms with E-state index >= 15 is 0 Å². The summed E-state index contributed by atoms with van der Waals surface area (Å²) in [5, 5.41) is 0. The summed E-state index contributed by atoms with van der Waals surface area (Å²) in [5.74, 6) is -11.5. The number of halogens is 7. The molecule has 0 aromatic rings. The van der Waals surface area contributed by atoms with Crippen LogP contribution in [0.3, 0.4) is 0 Å². The van der Waals surface area contributed by atoms with Gasteiger partial charge in [0.25, 0.3) is 0 Å². The van der Waals surface area contributed by atoms with Crippen LogP contribution in [0.15, 0.2) is 35.2 Å². The first-order valence-corrected chi connectivity index (χ1v) is 3.15. The predicted octanol–water partition coefficient (Wildman–Crippen LogP) is 3.79. The molecule has 7 heteroatoms. The summed E-state index contributed by atoms with van der Waals surface area (Å²) in [6.07, 6.45) is -3.70. The Bertz CT molecular complexity index is 356. The lowest BCUT2D eigenvalue weighted by atomic mass is 10.1. The van der Waals surface area contributed by atoms with Crippen molar-refractivity contribution >= 4 is 0 Å². The first-order chi connectivity index (χ1) is 6.27. The Morgan fingerprint density at radius 3 is 1.86 bits per heavy atom. The highest BCUT2D eigenvalue weighted by atomic mass is 19.3. The lowest BCUT2D eigenvalue weighted by Gasteiger charge is -2.08. The van der Waals surface area contributed by atoms with E-state index in [2.05, 4.69) is 0 Å². The van der Waals surface area contributed by atoms with E-state index in [1.807, 2.05) is 0 Å². The van der Waals surface area contributed by atoms with Gasteiger partial charge in [-0.25, -0.2) is 13.2 Å². The van der Waals surface area contributed by atoms with Gasteiger partial charge in [-0.05, 0) is 0 Å². The summed E-state index contributed by atoms with van der Waals surface area (Å²) in [5.41, 5.74) is -2.27. The monoisotopic (exact) mass is 218 g/mol. The predicted molar refractivity (Wildman–Crippen MR) is 32.6 cm³/mol. The first-order valence-electron chi connectivity index (χ1n) is 3.15. The summed E-state index contributed by atoms with van der Waals surface area (Å²) in [4.78, 5) is 0. The molecule has 0 aliphatic heterocycles. The lowest BCUT2D eigenvalue weighted by Crippen LogP contribution is -2.14. The van der Waals surface area contributed by atoms with E-state index < -0.39 is 41.1 Å². The van der Waals surface area contributed by atoms with Gasteiger partial charge < -0.3 is 0 Å². The Morgan fingerprint density at radius 2 is 1.57 bits per heavy atom. The quantitative estimate of drug-likeness (QED) is 0.587. The number of rotatable bonds is 1. The van der Waals surface area contributed by atoms with Crippen molar-refractivity contribution in [1.29, 1.82) is 0 Å². The molecule has 0 fully saturated rings. The first kappa shape index (κ1) is 10.8. The van der Waals surface area contributed by atoms with E-state index in [-0.39, 0.29) is 0 Å². The topological polar surface area (TPSA) is 0 Å². The molecular formula is C7HF7. The Morgan fingerprint density at radius 1 is 1.07 bits per heavy atom. The molecule has 0 saturated heterocycles. The minimum atomic E-state index is -4.39. The highest BCUT2D eigenvalue weighted by Gasteiger charge is 2.46. The fourth-order valence-electron chi connectivity index (χ4n) is 0.898. The van der Waals surface area contributed by atoms with E-state index in [1.54, 1.807) is 0 Å². The summed E-state index contributed by atoms with van der Waals surface area (Å²) in [7, 11) is 0. The summed E-state index contributed by atoms with van der Waals surface area (Å²) in [6, 6.07) is 0. The molecule has 0 amide bonds. The molecule has 1 aliphatic carbocycles. The zero-order chi connectivity index (χ0) is 11.1. The van der Waals surface area contributed by atoms with Gasteiger partial charge in [0.15, 0.2) is 11.7 Å². The van der Waals surface area contributed by atoms with Crippen molar-refractivity contribution in [3.8, 4) is 0 Å². The summed E-state index contributed by atoms with van der Waals surface area (Å²) >= 11 is 0. The van der Waals surface area contributed by atoms with Gasteiger partial charge in [0, 0.05) is 6.08 Å². The van der Waals surface area contributed by atoms with Crippen molar-refractivity contribution in [2.75, 3.05) is 0 Å². The number of hydrogen-bond acceptors (Lipinski definition) is 0. The minimum absolute atomic E-state index is 0.569. The highest BCUT2D eigenvalue weighted by molar-refractivity contribution is 5.49. The smallest absolute Gasteiger partial charge is 0.204 e. The second kappa shape index (κ2) is 3.14. The molecule has 1 rings (SSSR count). The van der Waals surface area contributed by atoms with Crippen molar-refractivity contribution in [2.24, 2.45) is 0 Å². The van der Waals surface area contributed by atoms with Gasteiger partial charge in [0.05, 0.1) is 0 Å². The second-order valence-electron chi connectivity index (χ2n) is 2.38. The maximum Gasteiger partial charge on any atom is 0.306 e. The minimum Gasteiger partial charge on any atom is -0.204 e. The van der Waals surface area contributed by atoms with Gasteiger partial charge in [-0.2, -0.15) is 17.6 Å². The number of alkyl halides is 2. The summed E-state index contributed by atoms with van der Waals surface area (Å²) in [6.45, 7) is 0. The third kappa shape index (κ3) is 1.53. The maximum absolute atomic E-state index is 12.5. The molecule has 78 valence electrons. The van der Waals surface area contributed by atoms with Gasteiger partial charge in [0.1, 0.15) is 5.57 Å². The van der Waals surface area contributed by atoms with Crippen LogP contribution in [0.2, 0.25) is 0 Å². The fraction of sp³-hybridized carbons (Fsp3) is 0.143. The van der Waals surface area contributed by atoms with Crippen LogP contribution in [0.25, 0.3) is 0 Å². The fourth-order valence-corrected chi connectivity index (χ4v) is 0.898. The van der Waals surface area contributed by atoms with Gasteiger partial charge in [0.2, 0.25) is 5.83 Å². The standard InChI is InChI=1S/C7HF7/c8-2-1-7(13,14)3(4(2)9)5(10)6(11)12/h1H. The molecule has 0 aromatic heterocycles. The zero-order valence-corrected chi connectivity index (χ0v) is 6.22. The number of hydrogen-bond donors (Lipinski definition) is 0. The zero-order valence-electron chi connectivity index (χ0n) is 6.22. The Hall–Kier alpha value is -1.27. The Balaban J connectivity index is 3.32. The van der Waals surface area contributed by atoms with Crippen molar-refractivity contribution in [1.82, 2.24) is 0 Å². The molecular weight excluding hydrogens is 217 g/mol. The van der Waals surface area contributed by atoms with Crippen LogP contribution in [-0.4, -0.2) is 5.92 Å². The molecule has 0 nitrogen and oxygen atoms in total. The molecule has 0 radical (unpaired) electrons. The van der Waals surface area contributed by atoms with Gasteiger partial charge in [-0.15, -0.1) is 0 Å². The SMILES string of the molecule is FC1=CC(F)(F)C(C(F)=C(F)F)=C1F. The molecule has 1 aliphatic rings. The maximum atomic E-state index is 12.5. The molecule has 14 heavy (non-hydrogen) atoms. The average molecular weight is 218 g/mol. The highest BCUT2D eigenvalue weighted by Crippen LogP contribution is 2.44. The van der Waals surface area contributed by atoms with Gasteiger partial charge in [-0.1, -0.05) is 0 Å². The third-order valence-corrected chi connectivity index (χ3v) is 1.46. The molecule has 0 atom stereocenters.